The topological polar surface area (TPSA) is 92.0 Å². The zero-order valence-electron chi connectivity index (χ0n) is 17.5. The number of nitrogen functional groups attached to an aromatic ring is 1. The molecule has 2 bridgehead atoms. The van der Waals surface area contributed by atoms with E-state index in [1.807, 2.05) is 33.2 Å². The van der Waals surface area contributed by atoms with Gasteiger partial charge in [0.05, 0.1) is 11.4 Å². The Kier molecular flexibility index (Phi) is 4.50. The van der Waals surface area contributed by atoms with Crippen LogP contribution in [0.25, 0.3) is 22.4 Å². The van der Waals surface area contributed by atoms with E-state index >= 15 is 0 Å². The molecule has 5 rings (SSSR count). The molecule has 8 heteroatoms. The molecule has 7 nitrogen and oxygen atoms in total. The van der Waals surface area contributed by atoms with Gasteiger partial charge in [-0.1, -0.05) is 12.1 Å². The normalized spacial score (nSPS) is 15.2. The molecule has 0 fully saturated rings. The van der Waals surface area contributed by atoms with Crippen LogP contribution in [0.2, 0.25) is 0 Å². The summed E-state index contributed by atoms with van der Waals surface area (Å²) in [5.41, 5.74) is 11.8. The van der Waals surface area contributed by atoms with Crippen molar-refractivity contribution < 1.29 is 13.7 Å². The third-order valence-corrected chi connectivity index (χ3v) is 5.60. The first kappa shape index (κ1) is 19.3. The second-order valence-electron chi connectivity index (χ2n) is 7.73. The van der Waals surface area contributed by atoms with Crippen molar-refractivity contribution in [2.75, 3.05) is 5.73 Å². The van der Waals surface area contributed by atoms with Gasteiger partial charge in [0.15, 0.2) is 11.6 Å². The number of fused-ring (bicyclic) bond motifs is 7. The molecule has 0 saturated carbocycles. The number of hydrogen-bond donors (Lipinski definition) is 1. The zero-order chi connectivity index (χ0) is 21.7. The Balaban J connectivity index is 1.81. The van der Waals surface area contributed by atoms with E-state index in [-0.39, 0.29) is 11.6 Å². The number of aryl methyl sites for hydroxylation is 2. The molecule has 4 aromatic rings. The van der Waals surface area contributed by atoms with E-state index in [1.54, 1.807) is 16.9 Å². The molecule has 0 spiro atoms. The van der Waals surface area contributed by atoms with Crippen molar-refractivity contribution in [1.29, 1.82) is 0 Å². The van der Waals surface area contributed by atoms with Crippen molar-refractivity contribution in [3.05, 3.63) is 65.1 Å². The zero-order valence-corrected chi connectivity index (χ0v) is 17.5. The third kappa shape index (κ3) is 3.24. The molecule has 4 heterocycles. The molecule has 158 valence electrons. The van der Waals surface area contributed by atoms with Crippen LogP contribution in [0, 0.1) is 5.82 Å². The molecule has 2 N–H and O–H groups in total. The van der Waals surface area contributed by atoms with Gasteiger partial charge in [-0.05, 0) is 37.6 Å². The highest BCUT2D eigenvalue weighted by molar-refractivity contribution is 5.73. The Bertz CT molecular complexity index is 1290. The number of rotatable bonds is 1. The van der Waals surface area contributed by atoms with Crippen LogP contribution in [-0.2, 0) is 19.9 Å². The average molecular weight is 419 g/mol. The molecule has 0 saturated heterocycles. The fraction of sp³-hybridized carbons (Fsp3) is 0.261. The Labute approximate surface area is 178 Å². The van der Waals surface area contributed by atoms with Crippen molar-refractivity contribution in [1.82, 2.24) is 19.9 Å². The van der Waals surface area contributed by atoms with Gasteiger partial charge >= 0.3 is 0 Å². The van der Waals surface area contributed by atoms with Crippen molar-refractivity contribution in [2.45, 2.75) is 32.8 Å². The summed E-state index contributed by atoms with van der Waals surface area (Å²) in [4.78, 5) is 4.33. The quantitative estimate of drug-likeness (QED) is 0.490. The van der Waals surface area contributed by atoms with Gasteiger partial charge in [0.2, 0.25) is 0 Å². The Hall–Kier alpha value is -3.68. The molecule has 1 aromatic carbocycles. The van der Waals surface area contributed by atoms with Crippen LogP contribution in [0.1, 0.15) is 42.5 Å². The van der Waals surface area contributed by atoms with Crippen LogP contribution < -0.4 is 10.5 Å². The molecule has 3 aromatic heterocycles. The lowest BCUT2D eigenvalue weighted by Crippen LogP contribution is -2.09. The molecule has 0 radical (unpaired) electrons. The summed E-state index contributed by atoms with van der Waals surface area (Å²) >= 11 is 0. The van der Waals surface area contributed by atoms with Gasteiger partial charge in [0.1, 0.15) is 17.7 Å². The van der Waals surface area contributed by atoms with Gasteiger partial charge in [-0.3, -0.25) is 4.68 Å². The highest BCUT2D eigenvalue weighted by atomic mass is 19.1. The number of nitrogens with two attached hydrogens (primary N) is 1. The summed E-state index contributed by atoms with van der Waals surface area (Å²) in [6.45, 7) is 3.89. The minimum absolute atomic E-state index is 0.264. The van der Waals surface area contributed by atoms with Gasteiger partial charge < -0.3 is 15.0 Å². The molecule has 31 heavy (non-hydrogen) atoms. The Morgan fingerprint density at radius 2 is 2.13 bits per heavy atom. The van der Waals surface area contributed by atoms with Crippen molar-refractivity contribution in [3.8, 4) is 28.1 Å². The van der Waals surface area contributed by atoms with Gasteiger partial charge in [0.25, 0.3) is 0 Å². The van der Waals surface area contributed by atoms with E-state index < -0.39 is 6.10 Å². The van der Waals surface area contributed by atoms with E-state index in [2.05, 4.69) is 15.2 Å². The molecular weight excluding hydrogens is 397 g/mol. The SMILES string of the molecule is CCc1noc2c1-c1cnc(N)c(c1)OC(C)c1cc(F)ccc1-c1nn(C)cc1C2. The van der Waals surface area contributed by atoms with Crippen molar-refractivity contribution in [2.24, 2.45) is 7.05 Å². The Morgan fingerprint density at radius 1 is 1.29 bits per heavy atom. The molecule has 1 aliphatic rings. The van der Waals surface area contributed by atoms with Crippen LogP contribution in [-0.4, -0.2) is 19.9 Å². The predicted molar refractivity (Wildman–Crippen MR) is 114 cm³/mol. The summed E-state index contributed by atoms with van der Waals surface area (Å²) < 4.78 is 27.9. The number of anilines is 1. The maximum absolute atomic E-state index is 14.2. The first-order valence-corrected chi connectivity index (χ1v) is 10.2. The van der Waals surface area contributed by atoms with Crippen molar-refractivity contribution >= 4 is 5.82 Å². The largest absolute Gasteiger partial charge is 0.482 e. The second kappa shape index (κ2) is 7.23. The lowest BCUT2D eigenvalue weighted by molar-refractivity contribution is 0.227. The number of hydrogen-bond acceptors (Lipinski definition) is 6. The molecule has 1 atom stereocenters. The average Bonchev–Trinajstić information content (AvgIpc) is 3.32. The number of pyridine rings is 1. The molecule has 1 unspecified atom stereocenters. The summed E-state index contributed by atoms with van der Waals surface area (Å²) in [6, 6.07) is 6.49. The van der Waals surface area contributed by atoms with E-state index in [0.717, 1.165) is 33.6 Å². The monoisotopic (exact) mass is 419 g/mol. The smallest absolute Gasteiger partial charge is 0.166 e. The minimum atomic E-state index is -0.480. The van der Waals surface area contributed by atoms with Gasteiger partial charge in [-0.25, -0.2) is 9.37 Å². The minimum Gasteiger partial charge on any atom is -0.482 e. The van der Waals surface area contributed by atoms with E-state index in [4.69, 9.17) is 15.0 Å². The van der Waals surface area contributed by atoms with E-state index in [1.165, 1.54) is 12.1 Å². The van der Waals surface area contributed by atoms with Crippen LogP contribution >= 0.6 is 0 Å². The number of aromatic nitrogens is 4. The summed E-state index contributed by atoms with van der Waals surface area (Å²) in [6.07, 6.45) is 4.36. The summed E-state index contributed by atoms with van der Waals surface area (Å²) in [5, 5.41) is 8.95. The Morgan fingerprint density at radius 3 is 2.94 bits per heavy atom. The maximum atomic E-state index is 14.2. The molecule has 0 aliphatic carbocycles. The van der Waals surface area contributed by atoms with E-state index in [0.29, 0.717) is 29.9 Å². The van der Waals surface area contributed by atoms with Gasteiger partial charge in [-0.15, -0.1) is 0 Å². The highest BCUT2D eigenvalue weighted by Gasteiger charge is 2.25. The third-order valence-electron chi connectivity index (χ3n) is 5.60. The fourth-order valence-electron chi connectivity index (χ4n) is 4.14. The molecule has 0 amide bonds. The number of halogens is 1. The van der Waals surface area contributed by atoms with Crippen LogP contribution in [0.15, 0.2) is 41.2 Å². The van der Waals surface area contributed by atoms with Crippen LogP contribution in [0.4, 0.5) is 10.2 Å². The number of nitrogens with zero attached hydrogens (tertiary/aromatic N) is 4. The van der Waals surface area contributed by atoms with Crippen molar-refractivity contribution in [3.63, 3.8) is 0 Å². The van der Waals surface area contributed by atoms with Gasteiger partial charge in [0, 0.05) is 53.7 Å². The fourth-order valence-corrected chi connectivity index (χ4v) is 4.14. The number of benzene rings is 1. The first-order valence-electron chi connectivity index (χ1n) is 10.2. The molecule has 1 aliphatic heterocycles. The summed E-state index contributed by atoms with van der Waals surface area (Å²) in [5.74, 6) is 1.06. The van der Waals surface area contributed by atoms with Crippen LogP contribution in [0.3, 0.4) is 0 Å². The van der Waals surface area contributed by atoms with Gasteiger partial charge in [-0.2, -0.15) is 5.10 Å². The maximum Gasteiger partial charge on any atom is 0.166 e. The first-order chi connectivity index (χ1) is 14.9. The standard InChI is InChI=1S/C23H22FN5O2/c1-4-18-21-13-7-20(23(25)26-10-13)30-12(2)17-9-15(24)5-6-16(17)22-14(11-29(3)27-22)8-19(21)31-28-18/h5-7,9-12H,4,8H2,1-3H3,(H2,25,26). The van der Waals surface area contributed by atoms with Crippen LogP contribution in [0.5, 0.6) is 5.75 Å². The lowest BCUT2D eigenvalue weighted by atomic mass is 9.94. The van der Waals surface area contributed by atoms with E-state index in [9.17, 15) is 4.39 Å². The highest BCUT2D eigenvalue weighted by Crippen LogP contribution is 2.39. The summed E-state index contributed by atoms with van der Waals surface area (Å²) in [7, 11) is 1.86. The predicted octanol–water partition coefficient (Wildman–Crippen LogP) is 4.47. The second-order valence-corrected chi connectivity index (χ2v) is 7.73. The molecular formula is C23H22FN5O2. The number of ether oxygens (including phenoxy) is 1. The lowest BCUT2D eigenvalue weighted by Gasteiger charge is -2.20.